The van der Waals surface area contributed by atoms with Crippen LogP contribution in [0.4, 0.5) is 14.6 Å². The Morgan fingerprint density at radius 3 is 2.62 bits per heavy atom. The van der Waals surface area contributed by atoms with Gasteiger partial charge in [0.1, 0.15) is 0 Å². The zero-order chi connectivity index (χ0) is 14.7. The number of piperazine rings is 1. The minimum atomic E-state index is -2.88. The number of hydrogen-bond donors (Lipinski definition) is 1. The van der Waals surface area contributed by atoms with Crippen LogP contribution in [0.3, 0.4) is 0 Å². The van der Waals surface area contributed by atoms with Crippen LogP contribution in [-0.4, -0.2) is 66.8 Å². The maximum Gasteiger partial charge on any atom is 0.388 e. The van der Waals surface area contributed by atoms with Gasteiger partial charge in [0, 0.05) is 51.2 Å². The van der Waals surface area contributed by atoms with Crippen LogP contribution in [0.5, 0.6) is 5.88 Å². The number of rotatable bonds is 4. The van der Waals surface area contributed by atoms with Crippen LogP contribution >= 0.6 is 0 Å². The standard InChI is InChI=1S/C13H19F2N5O/c14-13(15)21-12-11(17-3-4-18-12)20-7-5-19(6-8-20)10-1-2-16-9-10/h3-4,10,13,16H,1-2,5-9H2. The van der Waals surface area contributed by atoms with Gasteiger partial charge in [0.25, 0.3) is 5.88 Å². The molecule has 2 aliphatic rings. The van der Waals surface area contributed by atoms with E-state index >= 15 is 0 Å². The van der Waals surface area contributed by atoms with Crippen molar-refractivity contribution in [2.75, 3.05) is 44.2 Å². The van der Waals surface area contributed by atoms with E-state index in [0.29, 0.717) is 11.9 Å². The molecule has 116 valence electrons. The summed E-state index contributed by atoms with van der Waals surface area (Å²) in [5.74, 6) is 0.311. The zero-order valence-electron chi connectivity index (χ0n) is 11.7. The van der Waals surface area contributed by atoms with E-state index in [-0.39, 0.29) is 5.88 Å². The number of hydrogen-bond acceptors (Lipinski definition) is 6. The van der Waals surface area contributed by atoms with Gasteiger partial charge in [0.05, 0.1) is 0 Å². The van der Waals surface area contributed by atoms with Gasteiger partial charge < -0.3 is 15.0 Å². The summed E-state index contributed by atoms with van der Waals surface area (Å²) in [6, 6.07) is 0.589. The summed E-state index contributed by atoms with van der Waals surface area (Å²) in [4.78, 5) is 12.4. The minimum absolute atomic E-state index is 0.0940. The molecule has 1 aromatic rings. The predicted octanol–water partition coefficient (Wildman–Crippen LogP) is 0.562. The third-order valence-electron chi connectivity index (χ3n) is 4.01. The first kappa shape index (κ1) is 14.4. The van der Waals surface area contributed by atoms with Gasteiger partial charge in [-0.05, 0) is 13.0 Å². The molecule has 0 aliphatic carbocycles. The lowest BCUT2D eigenvalue weighted by Gasteiger charge is -2.38. The molecule has 0 amide bonds. The molecule has 2 saturated heterocycles. The van der Waals surface area contributed by atoms with Crippen molar-refractivity contribution in [1.82, 2.24) is 20.2 Å². The van der Waals surface area contributed by atoms with E-state index in [1.807, 2.05) is 4.90 Å². The molecular formula is C13H19F2N5O. The molecular weight excluding hydrogens is 280 g/mol. The summed E-state index contributed by atoms with van der Waals surface area (Å²) >= 11 is 0. The Morgan fingerprint density at radius 2 is 1.95 bits per heavy atom. The summed E-state index contributed by atoms with van der Waals surface area (Å²) in [6.07, 6.45) is 4.04. The number of nitrogens with zero attached hydrogens (tertiary/aromatic N) is 4. The van der Waals surface area contributed by atoms with Crippen molar-refractivity contribution in [3.8, 4) is 5.88 Å². The quantitative estimate of drug-likeness (QED) is 0.877. The van der Waals surface area contributed by atoms with E-state index in [1.54, 1.807) is 0 Å². The Bertz CT molecular complexity index is 462. The molecule has 0 saturated carbocycles. The molecule has 1 unspecified atom stereocenters. The largest absolute Gasteiger partial charge is 0.413 e. The molecule has 21 heavy (non-hydrogen) atoms. The molecule has 1 N–H and O–H groups in total. The van der Waals surface area contributed by atoms with Crippen LogP contribution in [0.15, 0.2) is 12.4 Å². The lowest BCUT2D eigenvalue weighted by atomic mass is 10.2. The van der Waals surface area contributed by atoms with Crippen LogP contribution in [0, 0.1) is 0 Å². The molecule has 0 radical (unpaired) electrons. The Morgan fingerprint density at radius 1 is 1.19 bits per heavy atom. The van der Waals surface area contributed by atoms with Gasteiger partial charge in [-0.1, -0.05) is 0 Å². The Balaban J connectivity index is 1.63. The van der Waals surface area contributed by atoms with Gasteiger partial charge in [0.2, 0.25) is 0 Å². The minimum Gasteiger partial charge on any atom is -0.413 e. The monoisotopic (exact) mass is 299 g/mol. The highest BCUT2D eigenvalue weighted by molar-refractivity contribution is 5.48. The summed E-state index contributed by atoms with van der Waals surface area (Å²) in [5.41, 5.74) is 0. The highest BCUT2D eigenvalue weighted by Gasteiger charge is 2.28. The number of alkyl halides is 2. The normalized spacial score (nSPS) is 23.8. The third kappa shape index (κ3) is 3.38. The van der Waals surface area contributed by atoms with Crippen molar-refractivity contribution in [2.24, 2.45) is 0 Å². The number of nitrogens with one attached hydrogen (secondary N) is 1. The fourth-order valence-corrected chi connectivity index (χ4v) is 2.95. The first-order chi connectivity index (χ1) is 10.2. The summed E-state index contributed by atoms with van der Waals surface area (Å²) in [7, 11) is 0. The molecule has 1 aromatic heterocycles. The molecule has 0 aromatic carbocycles. The van der Waals surface area contributed by atoms with E-state index < -0.39 is 6.61 Å². The Labute approximate surface area is 122 Å². The smallest absolute Gasteiger partial charge is 0.388 e. The van der Waals surface area contributed by atoms with Gasteiger partial charge in [-0.3, -0.25) is 4.90 Å². The molecule has 6 nitrogen and oxygen atoms in total. The first-order valence-electron chi connectivity index (χ1n) is 7.19. The number of anilines is 1. The van der Waals surface area contributed by atoms with Gasteiger partial charge in [-0.15, -0.1) is 0 Å². The van der Waals surface area contributed by atoms with Crippen molar-refractivity contribution < 1.29 is 13.5 Å². The van der Waals surface area contributed by atoms with Gasteiger partial charge in [0.15, 0.2) is 5.82 Å². The maximum atomic E-state index is 12.4. The van der Waals surface area contributed by atoms with Gasteiger partial charge >= 0.3 is 6.61 Å². The lowest BCUT2D eigenvalue weighted by Crippen LogP contribution is -2.51. The highest BCUT2D eigenvalue weighted by Crippen LogP contribution is 2.25. The molecule has 2 aliphatic heterocycles. The second-order valence-corrected chi connectivity index (χ2v) is 5.23. The number of halogens is 2. The summed E-state index contributed by atoms with van der Waals surface area (Å²) in [6.45, 7) is 2.51. The van der Waals surface area contributed by atoms with Gasteiger partial charge in [-0.2, -0.15) is 8.78 Å². The average molecular weight is 299 g/mol. The second kappa shape index (κ2) is 6.48. The molecule has 2 fully saturated rings. The van der Waals surface area contributed by atoms with Gasteiger partial charge in [-0.25, -0.2) is 9.97 Å². The van der Waals surface area contributed by atoms with Crippen molar-refractivity contribution >= 4 is 5.82 Å². The number of aromatic nitrogens is 2. The molecule has 0 spiro atoms. The Hall–Kier alpha value is -1.54. The van der Waals surface area contributed by atoms with Crippen molar-refractivity contribution in [2.45, 2.75) is 19.1 Å². The fourth-order valence-electron chi connectivity index (χ4n) is 2.95. The highest BCUT2D eigenvalue weighted by atomic mass is 19.3. The summed E-state index contributed by atoms with van der Waals surface area (Å²) < 4.78 is 29.3. The molecule has 8 heteroatoms. The van der Waals surface area contributed by atoms with E-state index in [0.717, 1.165) is 39.3 Å². The average Bonchev–Trinajstić information content (AvgIpc) is 3.02. The number of ether oxygens (including phenoxy) is 1. The van der Waals surface area contributed by atoms with E-state index in [9.17, 15) is 8.78 Å². The SMILES string of the molecule is FC(F)Oc1nccnc1N1CCN(C2CCNC2)CC1. The maximum absolute atomic E-state index is 12.4. The van der Waals surface area contributed by atoms with Crippen LogP contribution in [0.2, 0.25) is 0 Å². The molecule has 3 rings (SSSR count). The van der Waals surface area contributed by atoms with Crippen LogP contribution in [0.1, 0.15) is 6.42 Å². The second-order valence-electron chi connectivity index (χ2n) is 5.23. The third-order valence-corrected chi connectivity index (χ3v) is 4.01. The molecule has 1 atom stereocenters. The fraction of sp³-hybridized carbons (Fsp3) is 0.692. The topological polar surface area (TPSA) is 53.5 Å². The van der Waals surface area contributed by atoms with Crippen molar-refractivity contribution in [1.29, 1.82) is 0 Å². The van der Waals surface area contributed by atoms with Crippen molar-refractivity contribution in [3.63, 3.8) is 0 Å². The van der Waals surface area contributed by atoms with E-state index in [4.69, 9.17) is 0 Å². The van der Waals surface area contributed by atoms with E-state index in [1.165, 1.54) is 18.8 Å². The van der Waals surface area contributed by atoms with Crippen LogP contribution < -0.4 is 15.0 Å². The van der Waals surface area contributed by atoms with Crippen LogP contribution in [0.25, 0.3) is 0 Å². The first-order valence-corrected chi connectivity index (χ1v) is 7.19. The summed E-state index contributed by atoms with van der Waals surface area (Å²) in [5, 5.41) is 3.36. The lowest BCUT2D eigenvalue weighted by molar-refractivity contribution is -0.0527. The molecule has 3 heterocycles. The van der Waals surface area contributed by atoms with Crippen LogP contribution in [-0.2, 0) is 0 Å². The Kier molecular flexibility index (Phi) is 4.45. The van der Waals surface area contributed by atoms with E-state index in [2.05, 4.69) is 24.9 Å². The van der Waals surface area contributed by atoms with Crippen molar-refractivity contribution in [3.05, 3.63) is 12.4 Å². The predicted molar refractivity (Wildman–Crippen MR) is 73.7 cm³/mol. The zero-order valence-corrected chi connectivity index (χ0v) is 11.7. The molecule has 0 bridgehead atoms.